The quantitative estimate of drug-likeness (QED) is 0.324. The maximum Gasteiger partial charge on any atom is 0.269 e. The molecular weight excluding hydrogens is 394 g/mol. The molecule has 1 heterocycles. The van der Waals surface area contributed by atoms with Crippen LogP contribution in [0.4, 0.5) is 5.69 Å². The van der Waals surface area contributed by atoms with Gasteiger partial charge in [-0.05, 0) is 47.9 Å². The van der Waals surface area contributed by atoms with E-state index < -0.39 is 4.92 Å². The molecule has 4 aromatic rings. The largest absolute Gasteiger partial charge is 0.489 e. The number of nitrogens with zero attached hydrogens (tertiary/aromatic N) is 1. The number of non-ortho nitro benzene ring substituents is 1. The van der Waals surface area contributed by atoms with Crippen LogP contribution in [0, 0.1) is 10.1 Å². The molecule has 4 rings (SSSR count). The van der Waals surface area contributed by atoms with Gasteiger partial charge in [0, 0.05) is 41.3 Å². The summed E-state index contributed by atoms with van der Waals surface area (Å²) in [5.41, 5.74) is 3.53. The fourth-order valence-corrected chi connectivity index (χ4v) is 3.34. The first-order valence-electron chi connectivity index (χ1n) is 9.89. The molecule has 0 saturated heterocycles. The number of nitrogens with one attached hydrogen (secondary N) is 2. The van der Waals surface area contributed by atoms with Crippen molar-refractivity contribution in [3.05, 3.63) is 106 Å². The lowest BCUT2D eigenvalue weighted by Gasteiger charge is -2.08. The molecule has 31 heavy (non-hydrogen) atoms. The monoisotopic (exact) mass is 415 g/mol. The van der Waals surface area contributed by atoms with Gasteiger partial charge in [0.15, 0.2) is 0 Å². The third kappa shape index (κ3) is 4.90. The molecular formula is C24H21N3O4. The molecule has 3 aromatic carbocycles. The maximum atomic E-state index is 12.3. The number of aromatic amines is 1. The molecule has 0 bridgehead atoms. The highest BCUT2D eigenvalue weighted by molar-refractivity contribution is 5.94. The first-order valence-corrected chi connectivity index (χ1v) is 9.89. The molecule has 0 spiro atoms. The van der Waals surface area contributed by atoms with E-state index in [1.54, 1.807) is 0 Å². The van der Waals surface area contributed by atoms with Crippen molar-refractivity contribution >= 4 is 22.5 Å². The normalized spacial score (nSPS) is 10.7. The number of amides is 1. The third-order valence-corrected chi connectivity index (χ3v) is 5.01. The van der Waals surface area contributed by atoms with Crippen LogP contribution in [-0.4, -0.2) is 22.4 Å². The highest BCUT2D eigenvalue weighted by Crippen LogP contribution is 2.24. The van der Waals surface area contributed by atoms with E-state index in [0.717, 1.165) is 27.8 Å². The van der Waals surface area contributed by atoms with Crippen molar-refractivity contribution in [2.75, 3.05) is 6.54 Å². The fourth-order valence-electron chi connectivity index (χ4n) is 3.34. The Morgan fingerprint density at radius 3 is 2.55 bits per heavy atom. The molecule has 7 heteroatoms. The Morgan fingerprint density at radius 2 is 1.81 bits per heavy atom. The van der Waals surface area contributed by atoms with Crippen LogP contribution in [0.3, 0.4) is 0 Å². The van der Waals surface area contributed by atoms with Crippen LogP contribution in [0.1, 0.15) is 21.5 Å². The molecule has 0 saturated carbocycles. The zero-order valence-corrected chi connectivity index (χ0v) is 16.7. The molecule has 2 N–H and O–H groups in total. The summed E-state index contributed by atoms with van der Waals surface area (Å²) in [7, 11) is 0. The van der Waals surface area contributed by atoms with E-state index >= 15 is 0 Å². The SMILES string of the molecule is O=C(NCCc1c[nH]c2ccc(OCc3ccccc3)cc12)c1ccc([N+](=O)[O-])cc1. The van der Waals surface area contributed by atoms with Gasteiger partial charge in [0.1, 0.15) is 12.4 Å². The van der Waals surface area contributed by atoms with Crippen molar-refractivity contribution in [2.45, 2.75) is 13.0 Å². The second-order valence-electron chi connectivity index (χ2n) is 7.11. The Kier molecular flexibility index (Phi) is 5.93. The topological polar surface area (TPSA) is 97.3 Å². The summed E-state index contributed by atoms with van der Waals surface area (Å²) in [5.74, 6) is 0.522. The Balaban J connectivity index is 1.36. The van der Waals surface area contributed by atoms with Gasteiger partial charge in [-0.2, -0.15) is 0 Å². The molecule has 1 amide bonds. The summed E-state index contributed by atoms with van der Waals surface area (Å²) < 4.78 is 5.92. The van der Waals surface area contributed by atoms with E-state index in [0.29, 0.717) is 25.1 Å². The summed E-state index contributed by atoms with van der Waals surface area (Å²) in [6, 6.07) is 21.5. The minimum atomic E-state index is -0.490. The Labute approximate surface area is 178 Å². The van der Waals surface area contributed by atoms with E-state index in [2.05, 4.69) is 10.3 Å². The lowest BCUT2D eigenvalue weighted by molar-refractivity contribution is -0.384. The molecule has 0 atom stereocenters. The van der Waals surface area contributed by atoms with E-state index in [1.807, 2.05) is 54.7 Å². The number of nitro benzene ring substituents is 1. The number of ether oxygens (including phenoxy) is 1. The summed E-state index contributed by atoms with van der Waals surface area (Å²) in [5, 5.41) is 14.6. The zero-order chi connectivity index (χ0) is 21.6. The average Bonchev–Trinajstić information content (AvgIpc) is 3.20. The van der Waals surface area contributed by atoms with Gasteiger partial charge in [-0.15, -0.1) is 0 Å². The van der Waals surface area contributed by atoms with E-state index in [9.17, 15) is 14.9 Å². The predicted molar refractivity (Wildman–Crippen MR) is 118 cm³/mol. The Bertz CT molecular complexity index is 1200. The number of carbonyl (C=O) groups excluding carboxylic acids is 1. The van der Waals surface area contributed by atoms with Crippen LogP contribution in [0.25, 0.3) is 10.9 Å². The zero-order valence-electron chi connectivity index (χ0n) is 16.7. The third-order valence-electron chi connectivity index (χ3n) is 5.01. The maximum absolute atomic E-state index is 12.3. The lowest BCUT2D eigenvalue weighted by Crippen LogP contribution is -2.25. The first kappa shape index (κ1) is 20.2. The summed E-state index contributed by atoms with van der Waals surface area (Å²) in [6.07, 6.45) is 2.57. The Hall–Kier alpha value is -4.13. The van der Waals surface area contributed by atoms with E-state index in [-0.39, 0.29) is 11.6 Å². The van der Waals surface area contributed by atoms with Crippen molar-refractivity contribution in [3.63, 3.8) is 0 Å². The van der Waals surface area contributed by atoms with E-state index in [1.165, 1.54) is 24.3 Å². The van der Waals surface area contributed by atoms with Crippen LogP contribution >= 0.6 is 0 Å². The molecule has 0 aliphatic carbocycles. The highest BCUT2D eigenvalue weighted by Gasteiger charge is 2.10. The fraction of sp³-hybridized carbons (Fsp3) is 0.125. The van der Waals surface area contributed by atoms with Gasteiger partial charge >= 0.3 is 0 Å². The number of aromatic nitrogens is 1. The molecule has 0 fully saturated rings. The van der Waals surface area contributed by atoms with Gasteiger partial charge in [0.05, 0.1) is 4.92 Å². The van der Waals surface area contributed by atoms with Crippen LogP contribution < -0.4 is 10.1 Å². The van der Waals surface area contributed by atoms with Crippen molar-refractivity contribution in [1.82, 2.24) is 10.3 Å². The number of nitro groups is 1. The van der Waals surface area contributed by atoms with E-state index in [4.69, 9.17) is 4.74 Å². The first-order chi connectivity index (χ1) is 15.1. The summed E-state index contributed by atoms with van der Waals surface area (Å²) >= 11 is 0. The number of hydrogen-bond acceptors (Lipinski definition) is 4. The van der Waals surface area contributed by atoms with Crippen molar-refractivity contribution < 1.29 is 14.5 Å². The van der Waals surface area contributed by atoms with Gasteiger partial charge in [-0.25, -0.2) is 0 Å². The second kappa shape index (κ2) is 9.13. The molecule has 156 valence electrons. The molecule has 1 aromatic heterocycles. The Morgan fingerprint density at radius 1 is 1.03 bits per heavy atom. The lowest BCUT2D eigenvalue weighted by atomic mass is 10.1. The van der Waals surface area contributed by atoms with Gasteiger partial charge < -0.3 is 15.0 Å². The number of fused-ring (bicyclic) bond motifs is 1. The van der Waals surface area contributed by atoms with Crippen LogP contribution in [0.15, 0.2) is 79.0 Å². The van der Waals surface area contributed by atoms with Crippen molar-refractivity contribution in [1.29, 1.82) is 0 Å². The van der Waals surface area contributed by atoms with Gasteiger partial charge in [0.2, 0.25) is 0 Å². The summed E-state index contributed by atoms with van der Waals surface area (Å²) in [6.45, 7) is 0.940. The number of carbonyl (C=O) groups is 1. The smallest absolute Gasteiger partial charge is 0.269 e. The van der Waals surface area contributed by atoms with Gasteiger partial charge in [-0.1, -0.05) is 30.3 Å². The van der Waals surface area contributed by atoms with Crippen molar-refractivity contribution in [2.24, 2.45) is 0 Å². The molecule has 0 aliphatic rings. The predicted octanol–water partition coefficient (Wildman–Crippen LogP) is 4.63. The van der Waals surface area contributed by atoms with Crippen LogP contribution in [0.2, 0.25) is 0 Å². The standard InChI is InChI=1S/C24H21N3O4/c28-24(18-6-8-20(9-7-18)27(29)30)25-13-12-19-15-26-23-11-10-21(14-22(19)23)31-16-17-4-2-1-3-5-17/h1-11,14-15,26H,12-13,16H2,(H,25,28). The van der Waals surface area contributed by atoms with Gasteiger partial charge in [0.25, 0.3) is 11.6 Å². The minimum absolute atomic E-state index is 0.0411. The van der Waals surface area contributed by atoms with Gasteiger partial charge in [-0.3, -0.25) is 14.9 Å². The van der Waals surface area contributed by atoms with Crippen molar-refractivity contribution in [3.8, 4) is 5.75 Å². The average molecular weight is 415 g/mol. The summed E-state index contributed by atoms with van der Waals surface area (Å²) in [4.78, 5) is 25.8. The molecule has 0 radical (unpaired) electrons. The minimum Gasteiger partial charge on any atom is -0.489 e. The molecule has 0 unspecified atom stereocenters. The van der Waals surface area contributed by atoms with Crippen LogP contribution in [0.5, 0.6) is 5.75 Å². The van der Waals surface area contributed by atoms with Crippen LogP contribution in [-0.2, 0) is 13.0 Å². The highest BCUT2D eigenvalue weighted by atomic mass is 16.6. The number of benzene rings is 3. The molecule has 7 nitrogen and oxygen atoms in total. The number of hydrogen-bond donors (Lipinski definition) is 2. The number of rotatable bonds is 8. The molecule has 0 aliphatic heterocycles. The number of H-pyrrole nitrogens is 1. The second-order valence-corrected chi connectivity index (χ2v) is 7.11.